The molecule has 0 aliphatic heterocycles. The van der Waals surface area contributed by atoms with Gasteiger partial charge in [0.15, 0.2) is 0 Å². The van der Waals surface area contributed by atoms with E-state index in [0.29, 0.717) is 16.7 Å². The number of aromatic carboxylic acids is 1. The third-order valence-electron chi connectivity index (χ3n) is 5.66. The lowest BCUT2D eigenvalue weighted by Crippen LogP contribution is -2.12. The molecule has 0 spiro atoms. The van der Waals surface area contributed by atoms with Gasteiger partial charge in [-0.1, -0.05) is 39.5 Å². The van der Waals surface area contributed by atoms with Crippen LogP contribution in [-0.2, 0) is 6.42 Å². The Morgan fingerprint density at radius 3 is 2.65 bits per heavy atom. The highest BCUT2D eigenvalue weighted by Crippen LogP contribution is 2.36. The largest absolute Gasteiger partial charge is 0.477 e. The van der Waals surface area contributed by atoms with Gasteiger partial charge in [-0.3, -0.25) is 0 Å². The molecule has 1 unspecified atom stereocenters. The molecule has 1 aromatic rings. The zero-order valence-electron chi connectivity index (χ0n) is 16.0. The fourth-order valence-corrected chi connectivity index (χ4v) is 5.79. The van der Waals surface area contributed by atoms with E-state index in [1.165, 1.54) is 16.2 Å². The van der Waals surface area contributed by atoms with E-state index in [-0.39, 0.29) is 11.5 Å². The van der Waals surface area contributed by atoms with Gasteiger partial charge in [-0.25, -0.2) is 4.79 Å². The van der Waals surface area contributed by atoms with Crippen LogP contribution in [0.3, 0.4) is 0 Å². The van der Waals surface area contributed by atoms with Gasteiger partial charge in [0, 0.05) is 10.3 Å². The molecule has 5 heteroatoms. The van der Waals surface area contributed by atoms with E-state index in [1.54, 1.807) is 0 Å². The molecule has 1 heterocycles. The van der Waals surface area contributed by atoms with Crippen molar-refractivity contribution in [1.82, 2.24) is 0 Å². The topological polar surface area (TPSA) is 57.5 Å². The van der Waals surface area contributed by atoms with E-state index < -0.39 is 5.97 Å². The zero-order chi connectivity index (χ0) is 19.1. The summed E-state index contributed by atoms with van der Waals surface area (Å²) in [5, 5.41) is 19.7. The van der Waals surface area contributed by atoms with Crippen molar-refractivity contribution < 1.29 is 15.0 Å². The molecule has 0 aromatic carbocycles. The minimum absolute atomic E-state index is 0.143. The van der Waals surface area contributed by atoms with E-state index in [9.17, 15) is 15.0 Å². The molecule has 0 radical (unpaired) electrons. The Morgan fingerprint density at radius 2 is 2.08 bits per heavy atom. The fourth-order valence-electron chi connectivity index (χ4n) is 4.20. The number of thiophene rings is 1. The number of unbranched alkanes of at least 4 members (excludes halogenated alkanes) is 2. The number of rotatable bonds is 11. The molecule has 1 aromatic heterocycles. The van der Waals surface area contributed by atoms with Gasteiger partial charge in [0.2, 0.25) is 0 Å². The summed E-state index contributed by atoms with van der Waals surface area (Å²) >= 11 is 7.58. The number of aryl methyl sites for hydroxylation is 1. The Bertz CT molecular complexity index is 572. The number of carboxylic acids is 1. The van der Waals surface area contributed by atoms with Gasteiger partial charge in [0.1, 0.15) is 4.88 Å². The molecule has 3 nitrogen and oxygen atoms in total. The SMILES string of the molecule is CCCc1cc(C(CC)CCCCC[C@@H]2C[C@H](Cl)C[C@H]2O)c(C(=O)O)s1. The molecule has 26 heavy (non-hydrogen) atoms. The lowest BCUT2D eigenvalue weighted by molar-refractivity contribution is 0.0700. The molecule has 0 bridgehead atoms. The normalized spacial score (nSPS) is 24.1. The number of hydrogen-bond acceptors (Lipinski definition) is 3. The smallest absolute Gasteiger partial charge is 0.346 e. The number of carbonyl (C=O) groups is 1. The molecule has 1 saturated carbocycles. The molecular weight excluding hydrogens is 368 g/mol. The first-order chi connectivity index (χ1) is 12.5. The predicted molar refractivity (Wildman–Crippen MR) is 110 cm³/mol. The summed E-state index contributed by atoms with van der Waals surface area (Å²) in [7, 11) is 0. The Morgan fingerprint density at radius 1 is 1.31 bits per heavy atom. The number of carboxylic acid groups (broad SMARTS) is 1. The first kappa shape index (κ1) is 21.7. The summed E-state index contributed by atoms with van der Waals surface area (Å²) in [5.41, 5.74) is 1.05. The van der Waals surface area contributed by atoms with Crippen LogP contribution >= 0.6 is 22.9 Å². The van der Waals surface area contributed by atoms with Crippen molar-refractivity contribution in [3.63, 3.8) is 0 Å². The molecular formula is C21H33ClO3S. The maximum atomic E-state index is 11.6. The van der Waals surface area contributed by atoms with Crippen molar-refractivity contribution in [3.8, 4) is 0 Å². The van der Waals surface area contributed by atoms with Crippen molar-refractivity contribution in [2.24, 2.45) is 5.92 Å². The molecule has 148 valence electrons. The van der Waals surface area contributed by atoms with E-state index in [4.69, 9.17) is 11.6 Å². The number of hydrogen-bond donors (Lipinski definition) is 2. The van der Waals surface area contributed by atoms with E-state index in [0.717, 1.165) is 69.8 Å². The van der Waals surface area contributed by atoms with Crippen LogP contribution in [0.15, 0.2) is 6.07 Å². The van der Waals surface area contributed by atoms with Crippen LogP contribution in [0.25, 0.3) is 0 Å². The second kappa shape index (κ2) is 10.7. The highest BCUT2D eigenvalue weighted by molar-refractivity contribution is 7.14. The number of halogens is 1. The van der Waals surface area contributed by atoms with E-state index in [1.807, 2.05) is 0 Å². The van der Waals surface area contributed by atoms with Crippen molar-refractivity contribution in [2.75, 3.05) is 0 Å². The number of aliphatic hydroxyl groups excluding tert-OH is 1. The van der Waals surface area contributed by atoms with Gasteiger partial charge in [-0.05, 0) is 62.0 Å². The van der Waals surface area contributed by atoms with E-state index in [2.05, 4.69) is 19.9 Å². The maximum Gasteiger partial charge on any atom is 0.346 e. The zero-order valence-corrected chi connectivity index (χ0v) is 17.6. The van der Waals surface area contributed by atoms with Crippen LogP contribution in [0.2, 0.25) is 0 Å². The van der Waals surface area contributed by atoms with Crippen molar-refractivity contribution >= 4 is 28.9 Å². The van der Waals surface area contributed by atoms with Crippen LogP contribution in [0.4, 0.5) is 0 Å². The Balaban J connectivity index is 1.82. The lowest BCUT2D eigenvalue weighted by Gasteiger charge is -2.16. The van der Waals surface area contributed by atoms with Crippen molar-refractivity contribution in [2.45, 2.75) is 95.5 Å². The summed E-state index contributed by atoms with van der Waals surface area (Å²) in [6.07, 6.45) is 9.93. The van der Waals surface area contributed by atoms with Gasteiger partial charge < -0.3 is 10.2 Å². The highest BCUT2D eigenvalue weighted by Gasteiger charge is 2.31. The first-order valence-corrected chi connectivity index (χ1v) is 11.4. The predicted octanol–water partition coefficient (Wildman–Crippen LogP) is 6.22. The summed E-state index contributed by atoms with van der Waals surface area (Å²) in [4.78, 5) is 13.4. The highest BCUT2D eigenvalue weighted by atomic mass is 35.5. The standard InChI is InChI=1S/C21H33ClO3S/c1-3-8-17-13-18(20(26-17)21(24)25)14(4-2)9-6-5-7-10-15-11-16(22)12-19(15)23/h13-16,19,23H,3-12H2,1-2H3,(H,24,25)/t14?,15-,16+,19-/m1/s1. The molecule has 2 rings (SSSR count). The average molecular weight is 401 g/mol. The number of aliphatic hydroxyl groups is 1. The summed E-state index contributed by atoms with van der Waals surface area (Å²) in [6, 6.07) is 2.14. The third kappa shape index (κ3) is 5.97. The lowest BCUT2D eigenvalue weighted by atomic mass is 9.90. The first-order valence-electron chi connectivity index (χ1n) is 10.1. The Hall–Kier alpha value is -0.580. The quantitative estimate of drug-likeness (QED) is 0.342. The number of alkyl halides is 1. The minimum atomic E-state index is -0.781. The van der Waals surface area contributed by atoms with E-state index >= 15 is 0 Å². The van der Waals surface area contributed by atoms with Crippen molar-refractivity contribution in [1.29, 1.82) is 0 Å². The average Bonchev–Trinajstić information content (AvgIpc) is 3.14. The molecule has 0 amide bonds. The summed E-state index contributed by atoms with van der Waals surface area (Å²) in [5.74, 6) is -0.0736. The van der Waals surface area contributed by atoms with Crippen LogP contribution in [0.5, 0.6) is 0 Å². The van der Waals surface area contributed by atoms with Crippen LogP contribution in [0, 0.1) is 5.92 Å². The Labute approximate surface area is 166 Å². The monoisotopic (exact) mass is 400 g/mol. The molecule has 1 fully saturated rings. The third-order valence-corrected chi connectivity index (χ3v) is 7.22. The van der Waals surface area contributed by atoms with Crippen molar-refractivity contribution in [3.05, 3.63) is 21.4 Å². The van der Waals surface area contributed by atoms with Gasteiger partial charge in [0.25, 0.3) is 0 Å². The van der Waals surface area contributed by atoms with Crippen LogP contribution in [0.1, 0.15) is 97.7 Å². The van der Waals surface area contributed by atoms with Gasteiger partial charge in [-0.2, -0.15) is 0 Å². The van der Waals surface area contributed by atoms with Crippen LogP contribution < -0.4 is 0 Å². The second-order valence-electron chi connectivity index (χ2n) is 7.69. The minimum Gasteiger partial charge on any atom is -0.477 e. The van der Waals surface area contributed by atoms with Gasteiger partial charge >= 0.3 is 5.97 Å². The molecule has 1 aliphatic carbocycles. The van der Waals surface area contributed by atoms with Gasteiger partial charge in [-0.15, -0.1) is 22.9 Å². The molecule has 2 N–H and O–H groups in total. The molecule has 4 atom stereocenters. The fraction of sp³-hybridized carbons (Fsp3) is 0.762. The maximum absolute atomic E-state index is 11.6. The van der Waals surface area contributed by atoms with Crippen LogP contribution in [-0.4, -0.2) is 27.7 Å². The summed E-state index contributed by atoms with van der Waals surface area (Å²) < 4.78 is 0. The second-order valence-corrected chi connectivity index (χ2v) is 9.45. The molecule has 1 aliphatic rings. The summed E-state index contributed by atoms with van der Waals surface area (Å²) in [6.45, 7) is 4.29. The molecule has 0 saturated heterocycles. The Kier molecular flexibility index (Phi) is 8.92. The van der Waals surface area contributed by atoms with Gasteiger partial charge in [0.05, 0.1) is 6.10 Å².